The van der Waals surface area contributed by atoms with Crippen LogP contribution in [0, 0.1) is 0 Å². The van der Waals surface area contributed by atoms with Gasteiger partial charge >= 0.3 is 0 Å². The summed E-state index contributed by atoms with van der Waals surface area (Å²) in [6.45, 7) is 6.18. The highest BCUT2D eigenvalue weighted by atomic mass is 16.5. The van der Waals surface area contributed by atoms with Gasteiger partial charge in [-0.25, -0.2) is 0 Å². The summed E-state index contributed by atoms with van der Waals surface area (Å²) < 4.78 is 6.04. The van der Waals surface area contributed by atoms with E-state index in [0.717, 1.165) is 46.2 Å². The van der Waals surface area contributed by atoms with Crippen LogP contribution in [0.1, 0.15) is 38.3 Å². The minimum absolute atomic E-state index is 0.0961. The summed E-state index contributed by atoms with van der Waals surface area (Å²) in [6.07, 6.45) is 1.84. The van der Waals surface area contributed by atoms with Crippen molar-refractivity contribution in [1.29, 1.82) is 0 Å². The van der Waals surface area contributed by atoms with Crippen LogP contribution in [0.15, 0.2) is 60.7 Å². The van der Waals surface area contributed by atoms with E-state index in [4.69, 9.17) is 4.74 Å². The van der Waals surface area contributed by atoms with Gasteiger partial charge in [0, 0.05) is 5.69 Å². The van der Waals surface area contributed by atoms with Crippen LogP contribution in [0.2, 0.25) is 0 Å². The fraction of sp³-hybridized carbons (Fsp3) is 0.292. The summed E-state index contributed by atoms with van der Waals surface area (Å²) in [5.74, 6) is 0.622. The molecule has 1 N–H and O–H groups in total. The number of fused-ring (bicyclic) bond motifs is 1. The third-order valence-electron chi connectivity index (χ3n) is 4.91. The molecule has 1 amide bonds. The molecule has 3 nitrogen and oxygen atoms in total. The number of carbonyl (C=O) groups excluding carboxylic acids is 1. The first kappa shape index (κ1) is 19.0. The Balaban J connectivity index is 1.80. The topological polar surface area (TPSA) is 38.3 Å². The molecule has 140 valence electrons. The number of hydrogen-bond donors (Lipinski definition) is 1. The molecule has 0 saturated carbocycles. The van der Waals surface area contributed by atoms with Crippen LogP contribution in [0.25, 0.3) is 10.8 Å². The molecule has 3 aromatic carbocycles. The molecule has 0 radical (unpaired) electrons. The van der Waals surface area contributed by atoms with Gasteiger partial charge in [-0.15, -0.1) is 0 Å². The quantitative estimate of drug-likeness (QED) is 0.581. The van der Waals surface area contributed by atoms with E-state index in [1.54, 1.807) is 0 Å². The summed E-state index contributed by atoms with van der Waals surface area (Å²) in [7, 11) is 0. The maximum atomic E-state index is 12.9. The number of ether oxygens (including phenoxy) is 1. The Labute approximate surface area is 161 Å². The zero-order valence-corrected chi connectivity index (χ0v) is 16.3. The fourth-order valence-electron chi connectivity index (χ4n) is 3.33. The van der Waals surface area contributed by atoms with E-state index in [9.17, 15) is 4.79 Å². The predicted molar refractivity (Wildman–Crippen MR) is 112 cm³/mol. The van der Waals surface area contributed by atoms with Crippen LogP contribution in [0.5, 0.6) is 5.75 Å². The lowest BCUT2D eigenvalue weighted by molar-refractivity contribution is -0.122. The van der Waals surface area contributed by atoms with Crippen molar-refractivity contribution in [2.45, 2.75) is 46.1 Å². The SMILES string of the molecule is CCc1cccc(CC)c1NC(=O)[C@@H](CC)Oc1ccc2ccccc2c1. The largest absolute Gasteiger partial charge is 0.481 e. The Kier molecular flexibility index (Phi) is 6.12. The number of para-hydroxylation sites is 1. The second-order valence-electron chi connectivity index (χ2n) is 6.67. The second kappa shape index (κ2) is 8.72. The first-order valence-corrected chi connectivity index (χ1v) is 9.73. The first-order valence-electron chi connectivity index (χ1n) is 9.73. The van der Waals surface area contributed by atoms with Gasteiger partial charge in [-0.2, -0.15) is 0 Å². The molecule has 0 heterocycles. The summed E-state index contributed by atoms with van der Waals surface area (Å²) in [5.41, 5.74) is 3.25. The lowest BCUT2D eigenvalue weighted by atomic mass is 10.0. The van der Waals surface area contributed by atoms with Crippen LogP contribution in [0.4, 0.5) is 5.69 Å². The maximum absolute atomic E-state index is 12.9. The van der Waals surface area contributed by atoms with E-state index in [0.29, 0.717) is 6.42 Å². The maximum Gasteiger partial charge on any atom is 0.265 e. The molecule has 0 aromatic heterocycles. The number of aryl methyl sites for hydroxylation is 2. The van der Waals surface area contributed by atoms with Crippen molar-refractivity contribution >= 4 is 22.4 Å². The van der Waals surface area contributed by atoms with E-state index in [1.165, 1.54) is 0 Å². The van der Waals surface area contributed by atoms with Crippen molar-refractivity contribution in [3.05, 3.63) is 71.8 Å². The normalized spacial score (nSPS) is 12.0. The summed E-state index contributed by atoms with van der Waals surface area (Å²) >= 11 is 0. The second-order valence-corrected chi connectivity index (χ2v) is 6.67. The minimum atomic E-state index is -0.527. The number of anilines is 1. The summed E-state index contributed by atoms with van der Waals surface area (Å²) in [5, 5.41) is 5.39. The van der Waals surface area contributed by atoms with E-state index >= 15 is 0 Å². The molecule has 3 aromatic rings. The van der Waals surface area contributed by atoms with E-state index in [2.05, 4.69) is 43.4 Å². The molecule has 0 unspecified atom stereocenters. The number of amides is 1. The number of rotatable bonds is 7. The predicted octanol–water partition coefficient (Wildman–Crippen LogP) is 5.76. The van der Waals surface area contributed by atoms with Gasteiger partial charge in [-0.05, 0) is 53.3 Å². The third-order valence-corrected chi connectivity index (χ3v) is 4.91. The van der Waals surface area contributed by atoms with Gasteiger partial charge in [0.2, 0.25) is 0 Å². The molecular formula is C24H27NO2. The number of nitrogens with one attached hydrogen (secondary N) is 1. The summed E-state index contributed by atoms with van der Waals surface area (Å²) in [6, 6.07) is 20.3. The molecule has 0 saturated heterocycles. The minimum Gasteiger partial charge on any atom is -0.481 e. The van der Waals surface area contributed by atoms with Crippen molar-refractivity contribution in [3.8, 4) is 5.75 Å². The Hall–Kier alpha value is -2.81. The van der Waals surface area contributed by atoms with Crippen LogP contribution in [-0.2, 0) is 17.6 Å². The molecule has 0 fully saturated rings. The van der Waals surface area contributed by atoms with Crippen molar-refractivity contribution in [3.63, 3.8) is 0 Å². The fourth-order valence-corrected chi connectivity index (χ4v) is 3.33. The molecule has 0 aliphatic rings. The van der Waals surface area contributed by atoms with E-state index < -0.39 is 6.10 Å². The van der Waals surface area contributed by atoms with Gasteiger partial charge in [-0.1, -0.05) is 69.3 Å². The Morgan fingerprint density at radius 1 is 0.889 bits per heavy atom. The van der Waals surface area contributed by atoms with Crippen LogP contribution >= 0.6 is 0 Å². The zero-order chi connectivity index (χ0) is 19.2. The van der Waals surface area contributed by atoms with Gasteiger partial charge < -0.3 is 10.1 Å². The van der Waals surface area contributed by atoms with Crippen molar-refractivity contribution in [1.82, 2.24) is 0 Å². The van der Waals surface area contributed by atoms with Gasteiger partial charge in [0.15, 0.2) is 6.10 Å². The third kappa shape index (κ3) is 4.30. The molecule has 27 heavy (non-hydrogen) atoms. The summed E-state index contributed by atoms with van der Waals surface area (Å²) in [4.78, 5) is 12.9. The lowest BCUT2D eigenvalue weighted by Crippen LogP contribution is -2.33. The first-order chi connectivity index (χ1) is 13.2. The highest BCUT2D eigenvalue weighted by molar-refractivity contribution is 5.96. The highest BCUT2D eigenvalue weighted by Crippen LogP contribution is 2.25. The smallest absolute Gasteiger partial charge is 0.265 e. The monoisotopic (exact) mass is 361 g/mol. The van der Waals surface area contributed by atoms with Crippen molar-refractivity contribution < 1.29 is 9.53 Å². The highest BCUT2D eigenvalue weighted by Gasteiger charge is 2.20. The lowest BCUT2D eigenvalue weighted by Gasteiger charge is -2.20. The zero-order valence-electron chi connectivity index (χ0n) is 16.3. The van der Waals surface area contributed by atoms with Crippen molar-refractivity contribution in [2.75, 3.05) is 5.32 Å². The van der Waals surface area contributed by atoms with E-state index in [-0.39, 0.29) is 5.91 Å². The average Bonchev–Trinajstić information content (AvgIpc) is 2.71. The van der Waals surface area contributed by atoms with Gasteiger partial charge in [0.05, 0.1) is 0 Å². The Morgan fingerprint density at radius 2 is 1.56 bits per heavy atom. The van der Waals surface area contributed by atoms with Crippen LogP contribution in [0.3, 0.4) is 0 Å². The molecule has 3 heteroatoms. The molecule has 3 rings (SSSR count). The van der Waals surface area contributed by atoms with E-state index in [1.807, 2.05) is 43.3 Å². The van der Waals surface area contributed by atoms with Gasteiger partial charge in [-0.3, -0.25) is 4.79 Å². The number of carbonyl (C=O) groups is 1. The Morgan fingerprint density at radius 3 is 2.19 bits per heavy atom. The molecule has 0 aliphatic heterocycles. The van der Waals surface area contributed by atoms with Crippen molar-refractivity contribution in [2.24, 2.45) is 0 Å². The molecule has 0 aliphatic carbocycles. The standard InChI is InChI=1S/C24H27NO2/c1-4-17-12-9-13-18(5-2)23(17)25-24(26)22(6-3)27-21-15-14-19-10-7-8-11-20(19)16-21/h7-16,22H,4-6H2,1-3H3,(H,25,26)/t22-/m1/s1. The molecule has 0 spiro atoms. The molecular weight excluding hydrogens is 334 g/mol. The molecule has 0 bridgehead atoms. The number of benzene rings is 3. The number of hydrogen-bond acceptors (Lipinski definition) is 2. The average molecular weight is 361 g/mol. The Bertz CT molecular complexity index is 910. The van der Waals surface area contributed by atoms with Crippen LogP contribution < -0.4 is 10.1 Å². The van der Waals surface area contributed by atoms with Gasteiger partial charge in [0.25, 0.3) is 5.91 Å². The van der Waals surface area contributed by atoms with Crippen LogP contribution in [-0.4, -0.2) is 12.0 Å². The molecule has 1 atom stereocenters. The van der Waals surface area contributed by atoms with Gasteiger partial charge in [0.1, 0.15) is 5.75 Å².